The highest BCUT2D eigenvalue weighted by Crippen LogP contribution is 2.34. The number of anilines is 3. The third-order valence-electron chi connectivity index (χ3n) is 6.92. The van der Waals surface area contributed by atoms with Crippen molar-refractivity contribution < 1.29 is 19.1 Å². The average molecular weight is 597 g/mol. The van der Waals surface area contributed by atoms with Gasteiger partial charge in [-0.3, -0.25) is 9.59 Å². The number of likely N-dealkylation sites (N-methyl/N-ethyl adjacent to an activating group) is 1. The summed E-state index contributed by atoms with van der Waals surface area (Å²) in [5.74, 6) is 0.577. The maximum absolute atomic E-state index is 13.6. The molecule has 0 radical (unpaired) electrons. The van der Waals surface area contributed by atoms with Gasteiger partial charge in [-0.05, 0) is 81.4 Å². The number of aromatic nitrogens is 2. The standard InChI is InChI=1S/C34H40N6O4/c1-7-10-24-15-16-28(29(19-24)43-6)44-33-27(32(42)38-30-22(2)11-8-12-23(30)3)21-36-34(39-33)37-26-14-9-13-25(20-26)31(41)35-17-18-40(4)5/h8-9,11-16,19-21H,7,10,17-18H2,1-6H3,(H,35,41)(H,38,42)(H,36,37,39). The number of methoxy groups -OCH3 is 1. The molecule has 0 atom stereocenters. The van der Waals surface area contributed by atoms with Gasteiger partial charge in [0.1, 0.15) is 5.56 Å². The van der Waals surface area contributed by atoms with Gasteiger partial charge in [-0.15, -0.1) is 0 Å². The molecule has 0 fully saturated rings. The minimum Gasteiger partial charge on any atom is -0.493 e. The Kier molecular flexibility index (Phi) is 10.9. The Morgan fingerprint density at radius 1 is 0.932 bits per heavy atom. The molecule has 0 aliphatic carbocycles. The van der Waals surface area contributed by atoms with Gasteiger partial charge in [-0.1, -0.05) is 43.7 Å². The Balaban J connectivity index is 1.65. The van der Waals surface area contributed by atoms with E-state index in [1.54, 1.807) is 31.4 Å². The maximum atomic E-state index is 13.6. The van der Waals surface area contributed by atoms with Crippen molar-refractivity contribution in [2.24, 2.45) is 0 Å². The lowest BCUT2D eigenvalue weighted by Gasteiger charge is -2.16. The van der Waals surface area contributed by atoms with Crippen molar-refractivity contribution in [2.45, 2.75) is 33.6 Å². The van der Waals surface area contributed by atoms with Gasteiger partial charge in [0.25, 0.3) is 11.8 Å². The van der Waals surface area contributed by atoms with E-state index >= 15 is 0 Å². The first-order valence-corrected chi connectivity index (χ1v) is 14.6. The topological polar surface area (TPSA) is 118 Å². The van der Waals surface area contributed by atoms with E-state index in [2.05, 4.69) is 32.8 Å². The van der Waals surface area contributed by atoms with Crippen LogP contribution in [0.3, 0.4) is 0 Å². The number of hydrogen-bond acceptors (Lipinski definition) is 8. The Labute approximate surface area is 258 Å². The molecule has 10 nitrogen and oxygen atoms in total. The van der Waals surface area contributed by atoms with Crippen molar-refractivity contribution in [2.75, 3.05) is 44.9 Å². The fourth-order valence-corrected chi connectivity index (χ4v) is 4.56. The molecule has 4 aromatic rings. The molecule has 44 heavy (non-hydrogen) atoms. The summed E-state index contributed by atoms with van der Waals surface area (Å²) < 4.78 is 11.9. The summed E-state index contributed by atoms with van der Waals surface area (Å²) in [6, 6.07) is 18.5. The van der Waals surface area contributed by atoms with E-state index in [0.717, 1.165) is 36.1 Å². The number of nitrogens with one attached hydrogen (secondary N) is 3. The van der Waals surface area contributed by atoms with Crippen LogP contribution in [0.2, 0.25) is 0 Å². The molecule has 3 aromatic carbocycles. The van der Waals surface area contributed by atoms with Crippen molar-refractivity contribution in [3.8, 4) is 17.4 Å². The molecule has 1 heterocycles. The smallest absolute Gasteiger partial charge is 0.262 e. The summed E-state index contributed by atoms with van der Waals surface area (Å²) in [6.45, 7) is 7.24. The summed E-state index contributed by atoms with van der Waals surface area (Å²) in [6.07, 6.45) is 3.31. The highest BCUT2D eigenvalue weighted by atomic mass is 16.5. The number of rotatable bonds is 13. The molecule has 0 aliphatic rings. The Hall–Kier alpha value is -4.96. The van der Waals surface area contributed by atoms with Crippen molar-refractivity contribution in [3.05, 3.63) is 94.7 Å². The van der Waals surface area contributed by atoms with Gasteiger partial charge in [-0.25, -0.2) is 4.98 Å². The van der Waals surface area contributed by atoms with Crippen LogP contribution in [0.4, 0.5) is 17.3 Å². The highest BCUT2D eigenvalue weighted by molar-refractivity contribution is 6.06. The van der Waals surface area contributed by atoms with Gasteiger partial charge < -0.3 is 30.3 Å². The number of para-hydroxylation sites is 1. The van der Waals surface area contributed by atoms with Gasteiger partial charge in [0.15, 0.2) is 11.5 Å². The number of carbonyl (C=O) groups excluding carboxylic acids is 2. The monoisotopic (exact) mass is 596 g/mol. The van der Waals surface area contributed by atoms with Crippen LogP contribution in [0.15, 0.2) is 66.9 Å². The predicted octanol–water partition coefficient (Wildman–Crippen LogP) is 6.13. The van der Waals surface area contributed by atoms with E-state index in [1.165, 1.54) is 6.20 Å². The van der Waals surface area contributed by atoms with E-state index in [1.807, 2.05) is 69.2 Å². The first-order chi connectivity index (χ1) is 21.2. The fourth-order valence-electron chi connectivity index (χ4n) is 4.56. The summed E-state index contributed by atoms with van der Waals surface area (Å²) in [5.41, 5.74) is 4.93. The SMILES string of the molecule is CCCc1ccc(Oc2nc(Nc3cccc(C(=O)NCCN(C)C)c3)ncc2C(=O)Nc2c(C)cccc2C)c(OC)c1. The lowest BCUT2D eigenvalue weighted by molar-refractivity contribution is 0.0950. The summed E-state index contributed by atoms with van der Waals surface area (Å²) in [4.78, 5) is 37.2. The maximum Gasteiger partial charge on any atom is 0.262 e. The number of nitrogens with zero attached hydrogens (tertiary/aromatic N) is 3. The highest BCUT2D eigenvalue weighted by Gasteiger charge is 2.20. The molecule has 2 amide bonds. The molecule has 4 rings (SSSR count). The molecule has 0 aliphatic heterocycles. The quantitative estimate of drug-likeness (QED) is 0.169. The summed E-state index contributed by atoms with van der Waals surface area (Å²) in [7, 11) is 5.47. The number of ether oxygens (including phenoxy) is 2. The lowest BCUT2D eigenvalue weighted by atomic mass is 10.1. The molecule has 0 unspecified atom stereocenters. The average Bonchev–Trinajstić information content (AvgIpc) is 3.00. The van der Waals surface area contributed by atoms with E-state index in [4.69, 9.17) is 9.47 Å². The second-order valence-corrected chi connectivity index (χ2v) is 10.7. The number of amides is 2. The molecule has 0 bridgehead atoms. The molecule has 10 heteroatoms. The van der Waals surface area contributed by atoms with Crippen molar-refractivity contribution in [1.29, 1.82) is 0 Å². The molecule has 3 N–H and O–H groups in total. The molecule has 230 valence electrons. The fraction of sp³-hybridized carbons (Fsp3) is 0.294. The normalized spacial score (nSPS) is 10.8. The molecule has 0 saturated heterocycles. The van der Waals surface area contributed by atoms with Crippen molar-refractivity contribution >= 4 is 29.1 Å². The van der Waals surface area contributed by atoms with Gasteiger partial charge in [0, 0.05) is 36.2 Å². The van der Waals surface area contributed by atoms with Crippen molar-refractivity contribution in [1.82, 2.24) is 20.2 Å². The Morgan fingerprint density at radius 3 is 2.39 bits per heavy atom. The van der Waals surface area contributed by atoms with Crippen LogP contribution >= 0.6 is 0 Å². The number of carbonyl (C=O) groups is 2. The zero-order valence-electron chi connectivity index (χ0n) is 26.2. The minimum atomic E-state index is -0.415. The predicted molar refractivity (Wildman–Crippen MR) is 174 cm³/mol. The largest absolute Gasteiger partial charge is 0.493 e. The minimum absolute atomic E-state index is 0.0466. The van der Waals surface area contributed by atoms with Crippen molar-refractivity contribution in [3.63, 3.8) is 0 Å². The van der Waals surface area contributed by atoms with Crippen LogP contribution in [0.25, 0.3) is 0 Å². The third-order valence-corrected chi connectivity index (χ3v) is 6.92. The number of aryl methyl sites for hydroxylation is 3. The first-order valence-electron chi connectivity index (χ1n) is 14.6. The van der Waals surface area contributed by atoms with Gasteiger partial charge in [-0.2, -0.15) is 4.98 Å². The third kappa shape index (κ3) is 8.32. The zero-order chi connectivity index (χ0) is 31.6. The Morgan fingerprint density at radius 2 is 1.68 bits per heavy atom. The first kappa shape index (κ1) is 32.0. The molecule has 0 spiro atoms. The molecular formula is C34H40N6O4. The lowest BCUT2D eigenvalue weighted by Crippen LogP contribution is -2.31. The second kappa shape index (κ2) is 15.0. The van der Waals surface area contributed by atoms with Crippen LogP contribution in [0.1, 0.15) is 50.8 Å². The molecule has 1 aromatic heterocycles. The van der Waals surface area contributed by atoms with Crippen LogP contribution in [0.5, 0.6) is 17.4 Å². The molecular weight excluding hydrogens is 556 g/mol. The van der Waals surface area contributed by atoms with Crippen LogP contribution in [-0.2, 0) is 6.42 Å². The van der Waals surface area contributed by atoms with E-state index < -0.39 is 5.91 Å². The van der Waals surface area contributed by atoms with E-state index in [0.29, 0.717) is 35.0 Å². The van der Waals surface area contributed by atoms with Crippen LogP contribution < -0.4 is 25.4 Å². The number of hydrogen-bond donors (Lipinski definition) is 3. The second-order valence-electron chi connectivity index (χ2n) is 10.7. The van der Waals surface area contributed by atoms with E-state index in [-0.39, 0.29) is 23.3 Å². The summed E-state index contributed by atoms with van der Waals surface area (Å²) in [5, 5.41) is 9.04. The Bertz CT molecular complexity index is 1600. The van der Waals surface area contributed by atoms with E-state index in [9.17, 15) is 9.59 Å². The van der Waals surface area contributed by atoms with Gasteiger partial charge in [0.05, 0.1) is 7.11 Å². The van der Waals surface area contributed by atoms with Gasteiger partial charge in [0.2, 0.25) is 11.8 Å². The van der Waals surface area contributed by atoms with Crippen LogP contribution in [-0.4, -0.2) is 61.0 Å². The summed E-state index contributed by atoms with van der Waals surface area (Å²) >= 11 is 0. The van der Waals surface area contributed by atoms with Crippen LogP contribution in [0, 0.1) is 13.8 Å². The number of benzene rings is 3. The molecule has 0 saturated carbocycles. The van der Waals surface area contributed by atoms with Gasteiger partial charge >= 0.3 is 0 Å². The zero-order valence-corrected chi connectivity index (χ0v) is 26.2.